The Morgan fingerprint density at radius 1 is 1.11 bits per heavy atom. The van der Waals surface area contributed by atoms with Crippen molar-refractivity contribution in [2.24, 2.45) is 0 Å². The summed E-state index contributed by atoms with van der Waals surface area (Å²) in [7, 11) is 0. The van der Waals surface area contributed by atoms with Crippen LogP contribution >= 0.6 is 0 Å². The predicted octanol–water partition coefficient (Wildman–Crippen LogP) is 4.17. The predicted molar refractivity (Wildman–Crippen MR) is 107 cm³/mol. The molecule has 0 amide bonds. The molecule has 4 rings (SSSR count). The fraction of sp³-hybridized carbons (Fsp3) is 0.174. The second kappa shape index (κ2) is 7.27. The van der Waals surface area contributed by atoms with Crippen LogP contribution in [0.4, 0.5) is 0 Å². The van der Waals surface area contributed by atoms with Crippen LogP contribution in [0.2, 0.25) is 0 Å². The van der Waals surface area contributed by atoms with Gasteiger partial charge in [-0.05, 0) is 60.7 Å². The number of nitrogens with zero attached hydrogens (tertiary/aromatic N) is 1. The lowest BCUT2D eigenvalue weighted by molar-refractivity contribution is -0.120. The number of carbonyl (C=O) groups excluding carboxylic acids is 2. The number of esters is 1. The zero-order chi connectivity index (χ0) is 19.7. The highest BCUT2D eigenvalue weighted by Crippen LogP contribution is 2.37. The van der Waals surface area contributed by atoms with E-state index in [-0.39, 0.29) is 18.1 Å². The van der Waals surface area contributed by atoms with E-state index >= 15 is 0 Å². The van der Waals surface area contributed by atoms with E-state index in [2.05, 4.69) is 0 Å². The molecule has 0 fully saturated rings. The van der Waals surface area contributed by atoms with Crippen molar-refractivity contribution in [3.63, 3.8) is 0 Å². The molecule has 0 saturated heterocycles. The molecule has 3 aromatic rings. The number of ketones is 1. The Morgan fingerprint density at radius 2 is 1.86 bits per heavy atom. The van der Waals surface area contributed by atoms with Gasteiger partial charge in [0.25, 0.3) is 0 Å². The maximum atomic E-state index is 12.8. The minimum atomic E-state index is -0.490. The van der Waals surface area contributed by atoms with Gasteiger partial charge in [0, 0.05) is 5.39 Å². The topological polar surface area (TPSA) is 76.5 Å². The number of ether oxygens (including phenoxy) is 1. The Hall–Kier alpha value is -3.47. The van der Waals surface area contributed by atoms with Crippen molar-refractivity contribution in [1.29, 1.82) is 0 Å². The van der Waals surface area contributed by atoms with Gasteiger partial charge in [0.05, 0.1) is 16.8 Å². The summed E-state index contributed by atoms with van der Waals surface area (Å²) in [5, 5.41) is 10.2. The fourth-order valence-electron chi connectivity index (χ4n) is 3.52. The number of allylic oxidation sites excluding steroid dienone is 1. The number of phenolic OH excluding ortho intramolecular Hbond substituents is 1. The van der Waals surface area contributed by atoms with Gasteiger partial charge in [0.1, 0.15) is 12.4 Å². The Kier molecular flexibility index (Phi) is 4.65. The number of rotatable bonds is 4. The summed E-state index contributed by atoms with van der Waals surface area (Å²) in [6.45, 7) is 1.15. The zero-order valence-corrected chi connectivity index (χ0v) is 15.4. The van der Waals surface area contributed by atoms with E-state index in [9.17, 15) is 14.7 Å². The van der Waals surface area contributed by atoms with Gasteiger partial charge < -0.3 is 9.84 Å². The van der Waals surface area contributed by atoms with Crippen LogP contribution in [0.1, 0.15) is 40.5 Å². The van der Waals surface area contributed by atoms with Gasteiger partial charge in [-0.1, -0.05) is 30.3 Å². The molecule has 0 aliphatic heterocycles. The third kappa shape index (κ3) is 3.39. The number of hydrogen-bond acceptors (Lipinski definition) is 5. The molecule has 1 heterocycles. The van der Waals surface area contributed by atoms with Gasteiger partial charge in [-0.25, -0.2) is 9.78 Å². The lowest BCUT2D eigenvalue weighted by atomic mass is 10.0. The van der Waals surface area contributed by atoms with Gasteiger partial charge in [-0.2, -0.15) is 0 Å². The Morgan fingerprint density at radius 3 is 2.61 bits per heavy atom. The summed E-state index contributed by atoms with van der Waals surface area (Å²) in [5.74, 6) is -0.471. The first-order valence-corrected chi connectivity index (χ1v) is 9.11. The minimum Gasteiger partial charge on any atom is -0.508 e. The number of hydrogen-bond donors (Lipinski definition) is 1. The third-order valence-electron chi connectivity index (χ3n) is 4.79. The van der Waals surface area contributed by atoms with Crippen LogP contribution in [0.15, 0.2) is 48.5 Å². The van der Waals surface area contributed by atoms with E-state index in [1.165, 1.54) is 6.92 Å². The van der Waals surface area contributed by atoms with Crippen molar-refractivity contribution >= 4 is 34.3 Å². The van der Waals surface area contributed by atoms with Crippen molar-refractivity contribution in [2.45, 2.75) is 19.8 Å². The van der Waals surface area contributed by atoms with E-state index in [4.69, 9.17) is 9.72 Å². The van der Waals surface area contributed by atoms with Crippen LogP contribution in [0.5, 0.6) is 5.75 Å². The molecule has 28 heavy (non-hydrogen) atoms. The summed E-state index contributed by atoms with van der Waals surface area (Å²) in [4.78, 5) is 28.8. The number of pyridine rings is 1. The summed E-state index contributed by atoms with van der Waals surface area (Å²) in [6.07, 6.45) is 3.46. The number of aromatic hydroxyl groups is 1. The highest BCUT2D eigenvalue weighted by molar-refractivity contribution is 6.07. The fourth-order valence-corrected chi connectivity index (χ4v) is 3.52. The zero-order valence-electron chi connectivity index (χ0n) is 15.4. The van der Waals surface area contributed by atoms with Crippen LogP contribution in [0.3, 0.4) is 0 Å². The molecule has 0 unspecified atom stereocenters. The average Bonchev–Trinajstić information content (AvgIpc) is 3.08. The van der Waals surface area contributed by atoms with Gasteiger partial charge in [-0.15, -0.1) is 0 Å². The van der Waals surface area contributed by atoms with E-state index in [0.29, 0.717) is 12.0 Å². The van der Waals surface area contributed by atoms with Crippen molar-refractivity contribution in [2.75, 3.05) is 6.61 Å². The van der Waals surface area contributed by atoms with E-state index in [0.717, 1.165) is 39.7 Å². The largest absolute Gasteiger partial charge is 0.508 e. The molecular weight excluding hydrogens is 354 g/mol. The Balaban J connectivity index is 1.83. The standard InChI is InChI=1S/C23H19NO4/c1-14(25)13-28-23(27)21-18-4-2-3-5-20(18)24-22-16(8-11-19(21)22)12-15-6-9-17(26)10-7-15/h2-7,9-10,12,26H,8,11,13H2,1H3. The van der Waals surface area contributed by atoms with Crippen LogP contribution in [-0.4, -0.2) is 28.4 Å². The van der Waals surface area contributed by atoms with E-state index < -0.39 is 5.97 Å². The summed E-state index contributed by atoms with van der Waals surface area (Å²) in [6, 6.07) is 14.4. The molecule has 0 saturated carbocycles. The number of benzene rings is 2. The second-order valence-electron chi connectivity index (χ2n) is 6.87. The first-order valence-electron chi connectivity index (χ1n) is 9.11. The summed E-state index contributed by atoms with van der Waals surface area (Å²) in [5.41, 5.74) is 4.85. The summed E-state index contributed by atoms with van der Waals surface area (Å²) >= 11 is 0. The van der Waals surface area contributed by atoms with Crippen LogP contribution < -0.4 is 0 Å². The van der Waals surface area contributed by atoms with E-state index in [1.807, 2.05) is 42.5 Å². The molecule has 1 N–H and O–H groups in total. The SMILES string of the molecule is CC(=O)COC(=O)c1c2c(nc3ccccc13)C(=Cc1ccc(O)cc1)CC2. The minimum absolute atomic E-state index is 0.198. The number of aromatic nitrogens is 1. The summed E-state index contributed by atoms with van der Waals surface area (Å²) < 4.78 is 5.23. The number of para-hydroxylation sites is 1. The van der Waals surface area contributed by atoms with Crippen molar-refractivity contribution < 1.29 is 19.4 Å². The lowest BCUT2D eigenvalue weighted by Gasteiger charge is -2.12. The maximum Gasteiger partial charge on any atom is 0.339 e. The number of Topliss-reactive ketones (excluding diaryl/α,β-unsaturated/α-hetero) is 1. The van der Waals surface area contributed by atoms with Gasteiger partial charge in [-0.3, -0.25) is 4.79 Å². The maximum absolute atomic E-state index is 12.8. The highest BCUT2D eigenvalue weighted by atomic mass is 16.5. The molecule has 140 valence electrons. The third-order valence-corrected chi connectivity index (χ3v) is 4.79. The molecular formula is C23H19NO4. The Labute approximate surface area is 162 Å². The highest BCUT2D eigenvalue weighted by Gasteiger charge is 2.27. The molecule has 1 aliphatic carbocycles. The molecule has 0 spiro atoms. The lowest BCUT2D eigenvalue weighted by Crippen LogP contribution is -2.14. The molecule has 2 aromatic carbocycles. The average molecular weight is 373 g/mol. The van der Waals surface area contributed by atoms with Crippen LogP contribution in [0, 0.1) is 0 Å². The van der Waals surface area contributed by atoms with Gasteiger partial charge >= 0.3 is 5.97 Å². The van der Waals surface area contributed by atoms with E-state index in [1.54, 1.807) is 12.1 Å². The molecule has 1 aromatic heterocycles. The molecule has 0 radical (unpaired) electrons. The Bertz CT molecular complexity index is 1110. The quantitative estimate of drug-likeness (QED) is 0.695. The molecule has 0 bridgehead atoms. The van der Waals surface area contributed by atoms with Gasteiger partial charge in [0.2, 0.25) is 0 Å². The molecule has 5 heteroatoms. The first-order chi connectivity index (χ1) is 13.5. The smallest absolute Gasteiger partial charge is 0.339 e. The monoisotopic (exact) mass is 373 g/mol. The normalized spacial score (nSPS) is 14.2. The van der Waals surface area contributed by atoms with Gasteiger partial charge in [0.15, 0.2) is 5.78 Å². The molecule has 5 nitrogen and oxygen atoms in total. The molecule has 0 atom stereocenters. The number of fused-ring (bicyclic) bond motifs is 2. The van der Waals surface area contributed by atoms with Crippen LogP contribution in [-0.2, 0) is 16.0 Å². The van der Waals surface area contributed by atoms with Crippen molar-refractivity contribution in [3.8, 4) is 5.75 Å². The number of phenols is 1. The second-order valence-corrected chi connectivity index (χ2v) is 6.87. The van der Waals surface area contributed by atoms with Crippen LogP contribution in [0.25, 0.3) is 22.6 Å². The first kappa shape index (κ1) is 17.9. The molecule has 1 aliphatic rings. The number of carbonyl (C=O) groups is 2. The van der Waals surface area contributed by atoms with Crippen molar-refractivity contribution in [3.05, 3.63) is 70.9 Å². The van der Waals surface area contributed by atoms with Crippen molar-refractivity contribution in [1.82, 2.24) is 4.98 Å².